The fourth-order valence-electron chi connectivity index (χ4n) is 2.19. The van der Waals surface area contributed by atoms with Gasteiger partial charge in [0.2, 0.25) is 0 Å². The van der Waals surface area contributed by atoms with Gasteiger partial charge in [0.25, 0.3) is 5.91 Å². The van der Waals surface area contributed by atoms with Gasteiger partial charge in [-0.2, -0.15) is 13.2 Å². The second-order valence-corrected chi connectivity index (χ2v) is 6.34. The molecule has 0 bridgehead atoms. The molecule has 3 nitrogen and oxygen atoms in total. The third kappa shape index (κ3) is 4.00. The first kappa shape index (κ1) is 17.4. The van der Waals surface area contributed by atoms with Gasteiger partial charge in [0.05, 0.1) is 0 Å². The Hall–Kier alpha value is -2.38. The van der Waals surface area contributed by atoms with Crippen molar-refractivity contribution in [2.24, 2.45) is 0 Å². The van der Waals surface area contributed by atoms with Crippen LogP contribution in [0.15, 0.2) is 53.9 Å². The van der Waals surface area contributed by atoms with E-state index in [2.05, 4.69) is 10.3 Å². The van der Waals surface area contributed by atoms with Crippen molar-refractivity contribution in [2.45, 2.75) is 6.18 Å². The molecule has 0 atom stereocenters. The van der Waals surface area contributed by atoms with E-state index in [0.717, 1.165) is 22.3 Å². The molecule has 0 saturated heterocycles. The van der Waals surface area contributed by atoms with Crippen LogP contribution in [0.5, 0.6) is 0 Å². The highest BCUT2D eigenvalue weighted by Gasteiger charge is 2.34. The van der Waals surface area contributed by atoms with Crippen LogP contribution < -0.4 is 5.32 Å². The number of aromatic nitrogens is 1. The molecule has 1 N–H and O–H groups in total. The molecule has 0 spiro atoms. The Morgan fingerprint density at radius 2 is 1.76 bits per heavy atom. The van der Waals surface area contributed by atoms with Gasteiger partial charge in [0.1, 0.15) is 0 Å². The molecule has 0 unspecified atom stereocenters. The number of halogens is 4. The number of hydrogen-bond donors (Lipinski definition) is 1. The largest absolute Gasteiger partial charge is 0.434 e. The summed E-state index contributed by atoms with van der Waals surface area (Å²) < 4.78 is 37.8. The number of amides is 1. The average Bonchev–Trinajstić information content (AvgIpc) is 3.04. The zero-order valence-corrected chi connectivity index (χ0v) is 14.0. The Kier molecular flexibility index (Phi) is 4.78. The summed E-state index contributed by atoms with van der Waals surface area (Å²) in [6.45, 7) is 0. The smallest absolute Gasteiger partial charge is 0.298 e. The molecular weight excluding hydrogens is 373 g/mol. The maximum atomic E-state index is 12.6. The molecule has 25 heavy (non-hydrogen) atoms. The third-order valence-electron chi connectivity index (χ3n) is 3.34. The molecule has 2 aromatic carbocycles. The fraction of sp³-hybridized carbons (Fsp3) is 0.0588. The van der Waals surface area contributed by atoms with Crippen LogP contribution in [-0.4, -0.2) is 10.9 Å². The zero-order chi connectivity index (χ0) is 18.0. The van der Waals surface area contributed by atoms with E-state index in [1.807, 2.05) is 0 Å². The van der Waals surface area contributed by atoms with E-state index < -0.39 is 17.8 Å². The van der Waals surface area contributed by atoms with Crippen molar-refractivity contribution in [3.63, 3.8) is 0 Å². The summed E-state index contributed by atoms with van der Waals surface area (Å²) in [6.07, 6.45) is -4.54. The number of nitrogens with one attached hydrogen (secondary N) is 1. The quantitative estimate of drug-likeness (QED) is 0.628. The summed E-state index contributed by atoms with van der Waals surface area (Å²) >= 11 is 6.59. The number of carbonyl (C=O) groups is 1. The first-order valence-electron chi connectivity index (χ1n) is 7.03. The van der Waals surface area contributed by atoms with Gasteiger partial charge < -0.3 is 0 Å². The molecule has 0 aliphatic heterocycles. The van der Waals surface area contributed by atoms with Crippen molar-refractivity contribution in [3.05, 3.63) is 70.2 Å². The van der Waals surface area contributed by atoms with Gasteiger partial charge in [-0.05, 0) is 29.3 Å². The lowest BCUT2D eigenvalue weighted by atomic mass is 9.99. The van der Waals surface area contributed by atoms with Crippen molar-refractivity contribution < 1.29 is 18.0 Å². The Bertz CT molecular complexity index is 907. The summed E-state index contributed by atoms with van der Waals surface area (Å²) in [4.78, 5) is 15.9. The number of carbonyl (C=O) groups excluding carboxylic acids is 1. The first-order valence-corrected chi connectivity index (χ1v) is 8.29. The summed E-state index contributed by atoms with van der Waals surface area (Å²) in [5.41, 5.74) is 0.710. The van der Waals surface area contributed by atoms with Crippen molar-refractivity contribution in [3.8, 4) is 11.1 Å². The molecule has 1 amide bonds. The molecule has 3 rings (SSSR count). The fourth-order valence-corrected chi connectivity index (χ4v) is 3.03. The van der Waals surface area contributed by atoms with Gasteiger partial charge in [0.15, 0.2) is 10.8 Å². The van der Waals surface area contributed by atoms with E-state index >= 15 is 0 Å². The lowest BCUT2D eigenvalue weighted by molar-refractivity contribution is -0.140. The molecule has 0 aliphatic rings. The third-order valence-corrected chi connectivity index (χ3v) is 4.35. The predicted octanol–water partition coefficient (Wildman–Crippen LogP) is 5.73. The lowest BCUT2D eigenvalue weighted by Gasteiger charge is -2.09. The van der Waals surface area contributed by atoms with Crippen LogP contribution >= 0.6 is 22.9 Å². The van der Waals surface area contributed by atoms with Crippen molar-refractivity contribution in [2.75, 3.05) is 5.32 Å². The molecule has 0 radical (unpaired) electrons. The Labute approximate surface area is 150 Å². The Morgan fingerprint density at radius 1 is 1.08 bits per heavy atom. The van der Waals surface area contributed by atoms with Crippen molar-refractivity contribution >= 4 is 34.0 Å². The zero-order valence-electron chi connectivity index (χ0n) is 12.5. The van der Waals surface area contributed by atoms with E-state index in [0.29, 0.717) is 16.1 Å². The average molecular weight is 383 g/mol. The molecule has 3 aromatic rings. The minimum absolute atomic E-state index is 0.108. The Morgan fingerprint density at radius 3 is 2.40 bits per heavy atom. The number of anilines is 1. The molecule has 0 fully saturated rings. The predicted molar refractivity (Wildman–Crippen MR) is 92.0 cm³/mol. The molecule has 1 aromatic heterocycles. The molecule has 8 heteroatoms. The standard InChI is InChI=1S/C17H10ClF3N2OS/c18-11-7-5-10(6-8-11)12-3-1-2-4-13(12)15(24)23-16-22-14(9-25-16)17(19,20)21/h1-9H,(H,22,23,24). The van der Waals surface area contributed by atoms with Gasteiger partial charge >= 0.3 is 6.18 Å². The highest BCUT2D eigenvalue weighted by molar-refractivity contribution is 7.14. The number of nitrogens with zero attached hydrogens (tertiary/aromatic N) is 1. The summed E-state index contributed by atoms with van der Waals surface area (Å²) in [7, 11) is 0. The van der Waals surface area contributed by atoms with E-state index in [1.54, 1.807) is 48.5 Å². The minimum Gasteiger partial charge on any atom is -0.298 e. The minimum atomic E-state index is -4.54. The molecule has 0 aliphatic carbocycles. The number of thiazole rings is 1. The number of rotatable bonds is 3. The normalized spacial score (nSPS) is 11.4. The van der Waals surface area contributed by atoms with Gasteiger partial charge in [-0.1, -0.05) is 41.9 Å². The van der Waals surface area contributed by atoms with Crippen LogP contribution in [-0.2, 0) is 6.18 Å². The molecule has 0 saturated carbocycles. The van der Waals surface area contributed by atoms with Gasteiger partial charge in [0, 0.05) is 16.0 Å². The van der Waals surface area contributed by atoms with Gasteiger partial charge in [-0.25, -0.2) is 4.98 Å². The maximum Gasteiger partial charge on any atom is 0.434 e. The molecule has 1 heterocycles. The monoisotopic (exact) mass is 382 g/mol. The topological polar surface area (TPSA) is 42.0 Å². The summed E-state index contributed by atoms with van der Waals surface area (Å²) in [5.74, 6) is -0.534. The number of benzene rings is 2. The van der Waals surface area contributed by atoms with Gasteiger partial charge in [-0.15, -0.1) is 11.3 Å². The van der Waals surface area contributed by atoms with Crippen LogP contribution in [0.3, 0.4) is 0 Å². The SMILES string of the molecule is O=C(Nc1nc(C(F)(F)F)cs1)c1ccccc1-c1ccc(Cl)cc1. The second-order valence-electron chi connectivity index (χ2n) is 5.04. The van der Waals surface area contributed by atoms with E-state index in [-0.39, 0.29) is 5.13 Å². The van der Waals surface area contributed by atoms with Crippen LogP contribution in [0.25, 0.3) is 11.1 Å². The Balaban J connectivity index is 1.88. The van der Waals surface area contributed by atoms with Crippen LogP contribution in [0.1, 0.15) is 16.1 Å². The summed E-state index contributed by atoms with van der Waals surface area (Å²) in [6, 6.07) is 13.7. The van der Waals surface area contributed by atoms with E-state index in [1.165, 1.54) is 0 Å². The molecular formula is C17H10ClF3N2OS. The van der Waals surface area contributed by atoms with Crippen LogP contribution in [0, 0.1) is 0 Å². The van der Waals surface area contributed by atoms with Gasteiger partial charge in [-0.3, -0.25) is 10.1 Å². The van der Waals surface area contributed by atoms with Crippen LogP contribution in [0.4, 0.5) is 18.3 Å². The number of alkyl halides is 3. The number of hydrogen-bond acceptors (Lipinski definition) is 3. The van der Waals surface area contributed by atoms with E-state index in [4.69, 9.17) is 11.6 Å². The van der Waals surface area contributed by atoms with Crippen LogP contribution in [0.2, 0.25) is 5.02 Å². The van der Waals surface area contributed by atoms with E-state index in [9.17, 15) is 18.0 Å². The lowest BCUT2D eigenvalue weighted by Crippen LogP contribution is -2.13. The second kappa shape index (κ2) is 6.85. The van der Waals surface area contributed by atoms with Crippen molar-refractivity contribution in [1.29, 1.82) is 0 Å². The first-order chi connectivity index (χ1) is 11.8. The molecule has 128 valence electrons. The maximum absolute atomic E-state index is 12.6. The highest BCUT2D eigenvalue weighted by atomic mass is 35.5. The summed E-state index contributed by atoms with van der Waals surface area (Å²) in [5, 5.41) is 3.73. The highest BCUT2D eigenvalue weighted by Crippen LogP contribution is 2.32. The van der Waals surface area contributed by atoms with Crippen molar-refractivity contribution in [1.82, 2.24) is 4.98 Å².